The number of Topliss-reactive ketones (excluding diaryl/α,β-unsaturated/α-hetero) is 1. The fourth-order valence-electron chi connectivity index (χ4n) is 4.45. The third kappa shape index (κ3) is 11.0. The molecule has 0 bridgehead atoms. The number of hydrogen-bond acceptors (Lipinski definition) is 5. The number of likely N-dealkylation sites (tertiary alicyclic amines) is 1. The van der Waals surface area contributed by atoms with Crippen LogP contribution in [0.25, 0.3) is 0 Å². The Labute approximate surface area is 201 Å². The molecule has 0 aromatic heterocycles. The maximum absolute atomic E-state index is 12.9. The molecule has 1 aliphatic heterocycles. The van der Waals surface area contributed by atoms with Gasteiger partial charge in [0.25, 0.3) is 0 Å². The first-order valence-corrected chi connectivity index (χ1v) is 13.4. The van der Waals surface area contributed by atoms with Crippen LogP contribution < -0.4 is 10.6 Å². The Bertz CT molecular complexity index is 582. The van der Waals surface area contributed by atoms with E-state index in [0.29, 0.717) is 19.5 Å². The second-order valence-electron chi connectivity index (χ2n) is 9.79. The monoisotopic (exact) mass is 467 g/mol. The van der Waals surface area contributed by atoms with Crippen molar-refractivity contribution in [3.63, 3.8) is 0 Å². The number of unbranched alkanes of at least 4 members (excludes halogenated alkanes) is 9. The van der Waals surface area contributed by atoms with Gasteiger partial charge in [-0.05, 0) is 25.2 Å². The molecule has 0 aromatic rings. The fourth-order valence-corrected chi connectivity index (χ4v) is 4.45. The third-order valence-electron chi connectivity index (χ3n) is 6.62. The number of hydrogen-bond donors (Lipinski definition) is 3. The highest BCUT2D eigenvalue weighted by Gasteiger charge is 2.38. The number of nitrogens with one attached hydrogen (secondary N) is 2. The average Bonchev–Trinajstić information content (AvgIpc) is 3.29. The van der Waals surface area contributed by atoms with Crippen molar-refractivity contribution in [2.45, 2.75) is 129 Å². The molecule has 0 aliphatic carbocycles. The molecule has 2 amide bonds. The Morgan fingerprint density at radius 2 is 1.52 bits per heavy atom. The molecule has 0 radical (unpaired) electrons. The zero-order valence-electron chi connectivity index (χ0n) is 21.5. The summed E-state index contributed by atoms with van der Waals surface area (Å²) in [7, 11) is 0. The second-order valence-corrected chi connectivity index (χ2v) is 9.79. The molecule has 0 saturated carbocycles. The van der Waals surface area contributed by atoms with Crippen molar-refractivity contribution in [3.8, 4) is 0 Å². The highest BCUT2D eigenvalue weighted by atomic mass is 16.3. The molecule has 1 heterocycles. The van der Waals surface area contributed by atoms with Crippen molar-refractivity contribution >= 4 is 17.6 Å². The summed E-state index contributed by atoms with van der Waals surface area (Å²) in [4.78, 5) is 39.1. The minimum absolute atomic E-state index is 0.0568. The van der Waals surface area contributed by atoms with Crippen LogP contribution in [0.15, 0.2) is 0 Å². The summed E-state index contributed by atoms with van der Waals surface area (Å²) in [6, 6.07) is -1.20. The van der Waals surface area contributed by atoms with Gasteiger partial charge in [0, 0.05) is 19.5 Å². The van der Waals surface area contributed by atoms with Crippen LogP contribution in [0, 0.1) is 5.92 Å². The molecule has 1 aliphatic rings. The summed E-state index contributed by atoms with van der Waals surface area (Å²) in [5.41, 5.74) is 0. The number of nitrogens with zero attached hydrogens (tertiary/aromatic N) is 1. The van der Waals surface area contributed by atoms with Crippen LogP contribution in [-0.2, 0) is 14.4 Å². The Balaban J connectivity index is 2.35. The van der Waals surface area contributed by atoms with Crippen molar-refractivity contribution < 1.29 is 19.5 Å². The minimum atomic E-state index is -1.25. The molecule has 3 atom stereocenters. The van der Waals surface area contributed by atoms with Gasteiger partial charge in [0.15, 0.2) is 12.0 Å². The van der Waals surface area contributed by atoms with Gasteiger partial charge in [-0.25, -0.2) is 0 Å². The van der Waals surface area contributed by atoms with E-state index in [-0.39, 0.29) is 29.9 Å². The molecular weight excluding hydrogens is 418 g/mol. The highest BCUT2D eigenvalue weighted by Crippen LogP contribution is 2.21. The van der Waals surface area contributed by atoms with E-state index in [1.807, 2.05) is 13.8 Å². The average molecular weight is 468 g/mol. The lowest BCUT2D eigenvalue weighted by atomic mass is 10.0. The highest BCUT2D eigenvalue weighted by molar-refractivity contribution is 5.90. The Morgan fingerprint density at radius 1 is 0.939 bits per heavy atom. The molecule has 7 heteroatoms. The van der Waals surface area contributed by atoms with Gasteiger partial charge >= 0.3 is 0 Å². The summed E-state index contributed by atoms with van der Waals surface area (Å²) >= 11 is 0. The first kappa shape index (κ1) is 29.6. The summed E-state index contributed by atoms with van der Waals surface area (Å²) in [5.74, 6) is -0.796. The number of aliphatic hydroxyl groups excluding tert-OH is 1. The first-order chi connectivity index (χ1) is 15.8. The zero-order valence-corrected chi connectivity index (χ0v) is 21.5. The molecule has 0 spiro atoms. The van der Waals surface area contributed by atoms with Crippen LogP contribution in [0.5, 0.6) is 0 Å². The van der Waals surface area contributed by atoms with Crippen LogP contribution in [0.1, 0.15) is 111 Å². The standard InChI is InChI=1S/C26H49N3O4/c1-5-7-8-9-10-11-12-13-14-15-18-27-25(32)23(20(3)4)28-24(31)21-17-16-19-29(21)26(33)22(30)6-2/h20-21,23,26,33H,5-19H2,1-4H3,(H,27,32)(H,28,31)/t21-,23-,26?/m0/s1. The van der Waals surface area contributed by atoms with E-state index in [4.69, 9.17) is 0 Å². The predicted octanol–water partition coefficient (Wildman–Crippen LogP) is 3.93. The third-order valence-corrected chi connectivity index (χ3v) is 6.62. The van der Waals surface area contributed by atoms with Crippen LogP contribution in [0.4, 0.5) is 0 Å². The number of carbonyl (C=O) groups is 3. The van der Waals surface area contributed by atoms with Gasteiger partial charge in [-0.2, -0.15) is 0 Å². The van der Waals surface area contributed by atoms with E-state index in [0.717, 1.165) is 19.3 Å². The number of ketones is 1. The summed E-state index contributed by atoms with van der Waals surface area (Å²) in [6.45, 7) is 8.88. The topological polar surface area (TPSA) is 98.7 Å². The number of carbonyl (C=O) groups excluding carboxylic acids is 3. The molecule has 0 aromatic carbocycles. The summed E-state index contributed by atoms with van der Waals surface area (Å²) in [5, 5.41) is 16.1. The molecule has 1 unspecified atom stereocenters. The predicted molar refractivity (Wildman–Crippen MR) is 133 cm³/mol. The van der Waals surface area contributed by atoms with Crippen LogP contribution >= 0.6 is 0 Å². The van der Waals surface area contributed by atoms with Crippen molar-refractivity contribution in [2.24, 2.45) is 5.92 Å². The van der Waals surface area contributed by atoms with E-state index >= 15 is 0 Å². The van der Waals surface area contributed by atoms with E-state index < -0.39 is 18.3 Å². The molecule has 1 saturated heterocycles. The van der Waals surface area contributed by atoms with E-state index in [2.05, 4.69) is 17.6 Å². The largest absolute Gasteiger partial charge is 0.371 e. The van der Waals surface area contributed by atoms with Crippen molar-refractivity contribution in [3.05, 3.63) is 0 Å². The minimum Gasteiger partial charge on any atom is -0.371 e. The Kier molecular flexibility index (Phi) is 15.3. The van der Waals surface area contributed by atoms with Gasteiger partial charge in [0.1, 0.15) is 6.04 Å². The fraction of sp³-hybridized carbons (Fsp3) is 0.885. The molecule has 192 valence electrons. The number of amides is 2. The molecule has 1 rings (SSSR count). The lowest BCUT2D eigenvalue weighted by Crippen LogP contribution is -2.56. The Morgan fingerprint density at radius 3 is 2.06 bits per heavy atom. The van der Waals surface area contributed by atoms with Gasteiger partial charge in [-0.1, -0.05) is 85.5 Å². The van der Waals surface area contributed by atoms with E-state index in [9.17, 15) is 19.5 Å². The smallest absolute Gasteiger partial charge is 0.242 e. The number of rotatable bonds is 18. The quantitative estimate of drug-likeness (QED) is 0.265. The first-order valence-electron chi connectivity index (χ1n) is 13.4. The van der Waals surface area contributed by atoms with Crippen LogP contribution in [-0.4, -0.2) is 59.0 Å². The molecule has 33 heavy (non-hydrogen) atoms. The lowest BCUT2D eigenvalue weighted by molar-refractivity contribution is -0.143. The van der Waals surface area contributed by atoms with Crippen LogP contribution in [0.2, 0.25) is 0 Å². The molecule has 7 nitrogen and oxygen atoms in total. The lowest BCUT2D eigenvalue weighted by Gasteiger charge is -2.30. The van der Waals surface area contributed by atoms with Gasteiger partial charge in [-0.15, -0.1) is 0 Å². The maximum atomic E-state index is 12.9. The van der Waals surface area contributed by atoms with Crippen molar-refractivity contribution in [1.29, 1.82) is 0 Å². The normalized spacial score (nSPS) is 18.3. The SMILES string of the molecule is CCCCCCCCCCCCNC(=O)[C@@H](NC(=O)[C@@H]1CCCN1C(O)C(=O)CC)C(C)C. The van der Waals surface area contributed by atoms with E-state index in [1.165, 1.54) is 51.4 Å². The zero-order chi connectivity index (χ0) is 24.6. The van der Waals surface area contributed by atoms with Gasteiger partial charge in [-0.3, -0.25) is 19.3 Å². The van der Waals surface area contributed by atoms with Crippen molar-refractivity contribution in [2.75, 3.05) is 13.1 Å². The summed E-state index contributed by atoms with van der Waals surface area (Å²) < 4.78 is 0. The van der Waals surface area contributed by atoms with Crippen molar-refractivity contribution in [1.82, 2.24) is 15.5 Å². The van der Waals surface area contributed by atoms with Gasteiger partial charge in [0.05, 0.1) is 6.04 Å². The van der Waals surface area contributed by atoms with Gasteiger partial charge in [0.2, 0.25) is 11.8 Å². The van der Waals surface area contributed by atoms with E-state index in [1.54, 1.807) is 11.8 Å². The number of aliphatic hydroxyl groups is 1. The Hall–Kier alpha value is -1.47. The second kappa shape index (κ2) is 17.0. The molecule has 3 N–H and O–H groups in total. The maximum Gasteiger partial charge on any atom is 0.242 e. The summed E-state index contributed by atoms with van der Waals surface area (Å²) in [6.07, 6.45) is 12.8. The molecular formula is C26H49N3O4. The van der Waals surface area contributed by atoms with Gasteiger partial charge < -0.3 is 15.7 Å². The van der Waals surface area contributed by atoms with Crippen LogP contribution in [0.3, 0.4) is 0 Å². The molecule has 1 fully saturated rings.